The second kappa shape index (κ2) is 5.05. The van der Waals surface area contributed by atoms with E-state index in [2.05, 4.69) is 50.2 Å². The van der Waals surface area contributed by atoms with Gasteiger partial charge in [-0.15, -0.1) is 0 Å². The Morgan fingerprint density at radius 1 is 1.17 bits per heavy atom. The van der Waals surface area contributed by atoms with E-state index < -0.39 is 0 Å². The molecule has 1 aromatic carbocycles. The molecule has 3 nitrogen and oxygen atoms in total. The second-order valence-corrected chi connectivity index (χ2v) is 8.22. The maximum Gasteiger partial charge on any atom is 0.125 e. The molecule has 1 heterocycles. The summed E-state index contributed by atoms with van der Waals surface area (Å²) < 4.78 is 5.52. The first-order valence-corrected chi connectivity index (χ1v) is 8.86. The standard InChI is InChI=1S/C21H26N2O/c1-13-22-12-15-11-21(4)17-10-16(24-5)8-6-14(17)7-9-18(21)20(2,3)19(15)23-13/h6,8,10,12,18H,7,9,11H2,1-5H3/t18?,21-/m1/s1. The molecule has 2 aromatic rings. The highest BCUT2D eigenvalue weighted by atomic mass is 16.5. The number of hydrogen-bond donors (Lipinski definition) is 0. The quantitative estimate of drug-likeness (QED) is 0.791. The van der Waals surface area contributed by atoms with Crippen LogP contribution in [0.25, 0.3) is 0 Å². The van der Waals surface area contributed by atoms with Gasteiger partial charge in [0.15, 0.2) is 0 Å². The molecule has 2 atom stereocenters. The summed E-state index contributed by atoms with van der Waals surface area (Å²) >= 11 is 0. The van der Waals surface area contributed by atoms with Crippen LogP contribution in [0.3, 0.4) is 0 Å². The first-order valence-electron chi connectivity index (χ1n) is 8.86. The van der Waals surface area contributed by atoms with Gasteiger partial charge >= 0.3 is 0 Å². The molecular weight excluding hydrogens is 296 g/mol. The summed E-state index contributed by atoms with van der Waals surface area (Å²) in [5.41, 5.74) is 5.65. The number of fused-ring (bicyclic) bond motifs is 4. The van der Waals surface area contributed by atoms with Gasteiger partial charge in [-0.25, -0.2) is 9.97 Å². The average Bonchev–Trinajstić information content (AvgIpc) is 2.55. The van der Waals surface area contributed by atoms with Gasteiger partial charge in [-0.3, -0.25) is 0 Å². The van der Waals surface area contributed by atoms with Crippen molar-refractivity contribution in [2.24, 2.45) is 5.92 Å². The summed E-state index contributed by atoms with van der Waals surface area (Å²) in [7, 11) is 1.75. The zero-order chi connectivity index (χ0) is 17.1. The largest absolute Gasteiger partial charge is 0.497 e. The summed E-state index contributed by atoms with van der Waals surface area (Å²) in [6.45, 7) is 9.15. The van der Waals surface area contributed by atoms with Crippen LogP contribution in [-0.4, -0.2) is 17.1 Å². The van der Waals surface area contributed by atoms with Crippen LogP contribution in [0, 0.1) is 12.8 Å². The molecular formula is C21H26N2O. The number of rotatable bonds is 1. The minimum Gasteiger partial charge on any atom is -0.497 e. The van der Waals surface area contributed by atoms with Crippen LogP contribution in [0.1, 0.15) is 55.4 Å². The van der Waals surface area contributed by atoms with E-state index in [0.29, 0.717) is 5.92 Å². The van der Waals surface area contributed by atoms with Crippen molar-refractivity contribution in [3.05, 3.63) is 52.6 Å². The first kappa shape index (κ1) is 15.6. The topological polar surface area (TPSA) is 35.0 Å². The maximum atomic E-state index is 5.52. The fourth-order valence-electron chi connectivity index (χ4n) is 5.36. The fourth-order valence-corrected chi connectivity index (χ4v) is 5.36. The van der Waals surface area contributed by atoms with E-state index in [-0.39, 0.29) is 10.8 Å². The van der Waals surface area contributed by atoms with Crippen molar-refractivity contribution in [2.45, 2.75) is 57.8 Å². The molecule has 0 spiro atoms. The Labute approximate surface area is 144 Å². The summed E-state index contributed by atoms with van der Waals surface area (Å²) in [6.07, 6.45) is 5.42. The molecule has 3 heteroatoms. The van der Waals surface area contributed by atoms with Crippen molar-refractivity contribution in [3.63, 3.8) is 0 Å². The molecule has 0 saturated heterocycles. The first-order chi connectivity index (χ1) is 11.4. The zero-order valence-electron chi connectivity index (χ0n) is 15.3. The lowest BCUT2D eigenvalue weighted by Gasteiger charge is -2.54. The third-order valence-corrected chi connectivity index (χ3v) is 6.43. The van der Waals surface area contributed by atoms with Crippen molar-refractivity contribution in [3.8, 4) is 5.75 Å². The SMILES string of the molecule is COc1ccc2c(c1)[C@@]1(C)Cc3cnc(C)nc3C(C)(C)C1CC2. The van der Waals surface area contributed by atoms with E-state index >= 15 is 0 Å². The van der Waals surface area contributed by atoms with E-state index in [4.69, 9.17) is 9.72 Å². The van der Waals surface area contributed by atoms with E-state index in [9.17, 15) is 0 Å². The summed E-state index contributed by atoms with van der Waals surface area (Å²) in [5, 5.41) is 0. The van der Waals surface area contributed by atoms with Crippen LogP contribution in [0.15, 0.2) is 24.4 Å². The molecule has 0 bridgehead atoms. The smallest absolute Gasteiger partial charge is 0.125 e. The van der Waals surface area contributed by atoms with Crippen molar-refractivity contribution in [2.75, 3.05) is 7.11 Å². The Bertz CT molecular complexity index is 811. The maximum absolute atomic E-state index is 5.52. The molecule has 2 aliphatic carbocycles. The number of aryl methyl sites for hydroxylation is 2. The summed E-state index contributed by atoms with van der Waals surface area (Å²) in [6, 6.07) is 6.61. The lowest BCUT2D eigenvalue weighted by molar-refractivity contribution is 0.134. The highest BCUT2D eigenvalue weighted by Gasteiger charge is 2.52. The minimum atomic E-state index is 0.0524. The van der Waals surface area contributed by atoms with Gasteiger partial charge in [-0.1, -0.05) is 26.8 Å². The number of ether oxygens (including phenoxy) is 1. The Hall–Kier alpha value is -1.90. The van der Waals surface area contributed by atoms with E-state index in [1.165, 1.54) is 28.8 Å². The van der Waals surface area contributed by atoms with Crippen LogP contribution in [-0.2, 0) is 23.7 Å². The Balaban J connectivity index is 1.93. The summed E-state index contributed by atoms with van der Waals surface area (Å²) in [4.78, 5) is 9.32. The second-order valence-electron chi connectivity index (χ2n) is 8.22. The molecule has 0 amide bonds. The number of methoxy groups -OCH3 is 1. The van der Waals surface area contributed by atoms with Crippen LogP contribution >= 0.6 is 0 Å². The van der Waals surface area contributed by atoms with Gasteiger partial charge < -0.3 is 4.74 Å². The Morgan fingerprint density at radius 2 is 1.96 bits per heavy atom. The number of nitrogens with zero attached hydrogens (tertiary/aromatic N) is 2. The molecule has 0 saturated carbocycles. The molecule has 1 unspecified atom stereocenters. The fraction of sp³-hybridized carbons (Fsp3) is 0.524. The lowest BCUT2D eigenvalue weighted by atomic mass is 9.50. The molecule has 126 valence electrons. The number of aromatic nitrogens is 2. The molecule has 4 rings (SSSR count). The molecule has 1 aromatic heterocycles. The lowest BCUT2D eigenvalue weighted by Crippen LogP contribution is -2.52. The third kappa shape index (κ3) is 2.03. The predicted molar refractivity (Wildman–Crippen MR) is 95.7 cm³/mol. The molecule has 24 heavy (non-hydrogen) atoms. The number of hydrogen-bond acceptors (Lipinski definition) is 3. The van der Waals surface area contributed by atoms with Crippen molar-refractivity contribution in [1.29, 1.82) is 0 Å². The van der Waals surface area contributed by atoms with Crippen LogP contribution in [0.2, 0.25) is 0 Å². The van der Waals surface area contributed by atoms with Gasteiger partial charge in [-0.2, -0.15) is 0 Å². The van der Waals surface area contributed by atoms with Crippen LogP contribution in [0.5, 0.6) is 5.75 Å². The third-order valence-electron chi connectivity index (χ3n) is 6.43. The van der Waals surface area contributed by atoms with E-state index in [0.717, 1.165) is 24.4 Å². The van der Waals surface area contributed by atoms with Crippen LogP contribution in [0.4, 0.5) is 0 Å². The van der Waals surface area contributed by atoms with Gasteiger partial charge in [0.2, 0.25) is 0 Å². The van der Waals surface area contributed by atoms with Crippen LogP contribution < -0.4 is 4.74 Å². The normalized spacial score (nSPS) is 27.0. The van der Waals surface area contributed by atoms with Gasteiger partial charge in [0, 0.05) is 17.0 Å². The van der Waals surface area contributed by atoms with Crippen molar-refractivity contribution in [1.82, 2.24) is 9.97 Å². The van der Waals surface area contributed by atoms with Gasteiger partial charge in [0.25, 0.3) is 0 Å². The van der Waals surface area contributed by atoms with Gasteiger partial charge in [-0.05, 0) is 60.9 Å². The number of benzene rings is 1. The monoisotopic (exact) mass is 322 g/mol. The minimum absolute atomic E-state index is 0.0524. The van der Waals surface area contributed by atoms with Crippen molar-refractivity contribution >= 4 is 0 Å². The Morgan fingerprint density at radius 3 is 2.71 bits per heavy atom. The highest BCUT2D eigenvalue weighted by molar-refractivity contribution is 5.48. The Kier molecular flexibility index (Phi) is 3.28. The predicted octanol–water partition coefficient (Wildman–Crippen LogP) is 4.15. The van der Waals surface area contributed by atoms with Gasteiger partial charge in [0.1, 0.15) is 11.6 Å². The molecule has 0 fully saturated rings. The van der Waals surface area contributed by atoms with E-state index in [1.54, 1.807) is 7.11 Å². The highest BCUT2D eigenvalue weighted by Crippen LogP contribution is 2.56. The summed E-state index contributed by atoms with van der Waals surface area (Å²) in [5.74, 6) is 2.41. The zero-order valence-corrected chi connectivity index (χ0v) is 15.3. The molecule has 0 aliphatic heterocycles. The van der Waals surface area contributed by atoms with E-state index in [1.807, 2.05) is 6.92 Å². The molecule has 2 aliphatic rings. The average molecular weight is 322 g/mol. The molecule has 0 radical (unpaired) electrons. The van der Waals surface area contributed by atoms with Gasteiger partial charge in [0.05, 0.1) is 12.8 Å². The molecule has 0 N–H and O–H groups in total. The van der Waals surface area contributed by atoms with Crippen molar-refractivity contribution < 1.29 is 4.74 Å².